The molecular formula is C19H22N4O3S3. The normalized spacial score (nSPS) is 11.9. The number of carbonyl (C=O) groups excluding carboxylic acids is 1. The molecule has 0 bridgehead atoms. The molecule has 0 aliphatic rings. The van der Waals surface area contributed by atoms with E-state index in [1.807, 2.05) is 11.4 Å². The Morgan fingerprint density at radius 1 is 1.21 bits per heavy atom. The SMILES string of the molecule is CCN(CC)S(=O)(=O)c1cc(NC(=O)CSc2ncnc3sccc23)ccc1C. The van der Waals surface area contributed by atoms with E-state index in [-0.39, 0.29) is 16.6 Å². The number of anilines is 1. The standard InChI is InChI=1S/C19H22N4O3S3/c1-4-23(5-2)29(25,26)16-10-14(7-6-13(16)3)22-17(24)11-28-19-15-8-9-27-18(15)20-12-21-19/h6-10,12H,4-5,11H2,1-3H3,(H,22,24). The quantitative estimate of drug-likeness (QED) is 0.415. The van der Waals surface area contributed by atoms with Gasteiger partial charge in [0, 0.05) is 24.2 Å². The van der Waals surface area contributed by atoms with Gasteiger partial charge in [-0.2, -0.15) is 4.31 Å². The lowest BCUT2D eigenvalue weighted by Gasteiger charge is -2.20. The van der Waals surface area contributed by atoms with E-state index in [0.29, 0.717) is 24.3 Å². The zero-order valence-corrected chi connectivity index (χ0v) is 18.8. The monoisotopic (exact) mass is 450 g/mol. The first-order valence-corrected chi connectivity index (χ1v) is 12.4. The van der Waals surface area contributed by atoms with E-state index in [9.17, 15) is 13.2 Å². The van der Waals surface area contributed by atoms with Gasteiger partial charge >= 0.3 is 0 Å². The first-order valence-electron chi connectivity index (χ1n) is 9.08. The third-order valence-corrected chi connectivity index (χ3v) is 8.38. The van der Waals surface area contributed by atoms with E-state index in [0.717, 1.165) is 15.2 Å². The summed E-state index contributed by atoms with van der Waals surface area (Å²) in [6, 6.07) is 6.87. The highest BCUT2D eigenvalue weighted by Gasteiger charge is 2.24. The van der Waals surface area contributed by atoms with E-state index in [4.69, 9.17) is 0 Å². The summed E-state index contributed by atoms with van der Waals surface area (Å²) in [5, 5.41) is 6.40. The molecule has 2 heterocycles. The molecule has 1 aromatic carbocycles. The van der Waals surface area contributed by atoms with Crippen LogP contribution in [0.25, 0.3) is 10.2 Å². The minimum absolute atomic E-state index is 0.161. The Hall–Kier alpha value is -2.01. The summed E-state index contributed by atoms with van der Waals surface area (Å²) in [6.07, 6.45) is 1.49. The number of fused-ring (bicyclic) bond motifs is 1. The van der Waals surface area contributed by atoms with Gasteiger partial charge in [0.2, 0.25) is 15.9 Å². The van der Waals surface area contributed by atoms with Crippen molar-refractivity contribution in [3.8, 4) is 0 Å². The van der Waals surface area contributed by atoms with Crippen molar-refractivity contribution >= 4 is 54.9 Å². The minimum atomic E-state index is -3.60. The number of carbonyl (C=O) groups is 1. The third kappa shape index (κ3) is 4.77. The summed E-state index contributed by atoms with van der Waals surface area (Å²) in [5.41, 5.74) is 1.10. The molecule has 0 fully saturated rings. The number of thioether (sulfide) groups is 1. The minimum Gasteiger partial charge on any atom is -0.325 e. The van der Waals surface area contributed by atoms with Gasteiger partial charge in [0.25, 0.3) is 0 Å². The number of aromatic nitrogens is 2. The summed E-state index contributed by atoms with van der Waals surface area (Å²) in [4.78, 5) is 22.0. The molecule has 1 N–H and O–H groups in total. The van der Waals surface area contributed by atoms with Crippen molar-refractivity contribution in [2.24, 2.45) is 0 Å². The summed E-state index contributed by atoms with van der Waals surface area (Å²) < 4.78 is 27.1. The maximum atomic E-state index is 12.9. The Balaban J connectivity index is 1.73. The Kier molecular flexibility index (Phi) is 6.89. The van der Waals surface area contributed by atoms with E-state index < -0.39 is 10.0 Å². The van der Waals surface area contributed by atoms with Crippen molar-refractivity contribution in [2.75, 3.05) is 24.2 Å². The number of benzene rings is 1. The molecule has 0 radical (unpaired) electrons. The molecule has 0 saturated carbocycles. The number of amides is 1. The molecule has 0 atom stereocenters. The number of nitrogens with zero attached hydrogens (tertiary/aromatic N) is 3. The van der Waals surface area contributed by atoms with Crippen LogP contribution >= 0.6 is 23.1 Å². The average molecular weight is 451 g/mol. The lowest BCUT2D eigenvalue weighted by molar-refractivity contribution is -0.113. The van der Waals surface area contributed by atoms with Crippen molar-refractivity contribution in [3.63, 3.8) is 0 Å². The van der Waals surface area contributed by atoms with Gasteiger partial charge in [0.1, 0.15) is 16.2 Å². The smallest absolute Gasteiger partial charge is 0.243 e. The maximum Gasteiger partial charge on any atom is 0.243 e. The highest BCUT2D eigenvalue weighted by Crippen LogP contribution is 2.28. The van der Waals surface area contributed by atoms with Gasteiger partial charge < -0.3 is 5.32 Å². The predicted molar refractivity (Wildman–Crippen MR) is 118 cm³/mol. The van der Waals surface area contributed by atoms with Crippen LogP contribution in [0, 0.1) is 6.92 Å². The number of aryl methyl sites for hydroxylation is 1. The molecule has 10 heteroatoms. The van der Waals surface area contributed by atoms with Crippen molar-refractivity contribution in [1.82, 2.24) is 14.3 Å². The zero-order chi connectivity index (χ0) is 21.0. The molecule has 3 aromatic rings. The largest absolute Gasteiger partial charge is 0.325 e. The second-order valence-corrected chi connectivity index (χ2v) is 9.99. The summed E-state index contributed by atoms with van der Waals surface area (Å²) >= 11 is 2.85. The van der Waals surface area contributed by atoms with Gasteiger partial charge in [-0.25, -0.2) is 18.4 Å². The van der Waals surface area contributed by atoms with E-state index in [1.54, 1.807) is 32.9 Å². The molecule has 0 saturated heterocycles. The van der Waals surface area contributed by atoms with Gasteiger partial charge in [-0.3, -0.25) is 4.79 Å². The van der Waals surface area contributed by atoms with Crippen LogP contribution in [0.15, 0.2) is 45.9 Å². The molecule has 3 rings (SSSR count). The van der Waals surface area contributed by atoms with Crippen LogP contribution in [0.4, 0.5) is 5.69 Å². The van der Waals surface area contributed by atoms with Crippen LogP contribution in [0.3, 0.4) is 0 Å². The molecular weight excluding hydrogens is 428 g/mol. The Bertz CT molecular complexity index is 1120. The van der Waals surface area contributed by atoms with Crippen LogP contribution in [0.5, 0.6) is 0 Å². The van der Waals surface area contributed by atoms with Gasteiger partial charge in [-0.15, -0.1) is 11.3 Å². The van der Waals surface area contributed by atoms with Crippen molar-refractivity contribution in [2.45, 2.75) is 30.7 Å². The second kappa shape index (κ2) is 9.21. The van der Waals surface area contributed by atoms with Crippen molar-refractivity contribution in [3.05, 3.63) is 41.5 Å². The third-order valence-electron chi connectivity index (χ3n) is 4.36. The lowest BCUT2D eigenvalue weighted by atomic mass is 10.2. The van der Waals surface area contributed by atoms with Gasteiger partial charge in [0.15, 0.2) is 0 Å². The molecule has 154 valence electrons. The summed E-state index contributed by atoms with van der Waals surface area (Å²) in [5.74, 6) is -0.0689. The molecule has 0 aliphatic carbocycles. The van der Waals surface area contributed by atoms with Crippen LogP contribution in [-0.4, -0.2) is 47.4 Å². The maximum absolute atomic E-state index is 12.9. The fraction of sp³-hybridized carbons (Fsp3) is 0.316. The fourth-order valence-corrected chi connectivity index (χ4v) is 6.16. The average Bonchev–Trinajstić information content (AvgIpc) is 3.18. The predicted octanol–water partition coefficient (Wildman–Crippen LogP) is 3.76. The summed E-state index contributed by atoms with van der Waals surface area (Å²) in [6.45, 7) is 6.13. The van der Waals surface area contributed by atoms with Gasteiger partial charge in [-0.05, 0) is 36.1 Å². The van der Waals surface area contributed by atoms with Crippen molar-refractivity contribution in [1.29, 1.82) is 0 Å². The Morgan fingerprint density at radius 3 is 2.69 bits per heavy atom. The fourth-order valence-electron chi connectivity index (χ4n) is 2.87. The van der Waals surface area contributed by atoms with Crippen molar-refractivity contribution < 1.29 is 13.2 Å². The summed E-state index contributed by atoms with van der Waals surface area (Å²) in [7, 11) is -3.60. The second-order valence-electron chi connectivity index (χ2n) is 6.22. The molecule has 7 nitrogen and oxygen atoms in total. The molecule has 1 amide bonds. The molecule has 0 unspecified atom stereocenters. The zero-order valence-electron chi connectivity index (χ0n) is 16.4. The number of hydrogen-bond donors (Lipinski definition) is 1. The molecule has 2 aromatic heterocycles. The molecule has 29 heavy (non-hydrogen) atoms. The lowest BCUT2D eigenvalue weighted by Crippen LogP contribution is -2.31. The number of rotatable bonds is 8. The Morgan fingerprint density at radius 2 is 1.97 bits per heavy atom. The highest BCUT2D eigenvalue weighted by molar-refractivity contribution is 8.00. The van der Waals surface area contributed by atoms with Gasteiger partial charge in [-0.1, -0.05) is 31.7 Å². The first kappa shape index (κ1) is 21.7. The number of hydrogen-bond acceptors (Lipinski definition) is 7. The van der Waals surface area contributed by atoms with Crippen LogP contribution in [0.1, 0.15) is 19.4 Å². The van der Waals surface area contributed by atoms with Crippen LogP contribution in [0.2, 0.25) is 0 Å². The topological polar surface area (TPSA) is 92.3 Å². The van der Waals surface area contributed by atoms with Crippen LogP contribution in [-0.2, 0) is 14.8 Å². The van der Waals surface area contributed by atoms with E-state index in [1.165, 1.54) is 39.8 Å². The molecule has 0 spiro atoms. The number of nitrogens with one attached hydrogen (secondary N) is 1. The highest BCUT2D eigenvalue weighted by atomic mass is 32.2. The Labute approximate surface area is 178 Å². The van der Waals surface area contributed by atoms with Crippen LogP contribution < -0.4 is 5.32 Å². The molecule has 0 aliphatic heterocycles. The van der Waals surface area contributed by atoms with E-state index >= 15 is 0 Å². The number of sulfonamides is 1. The van der Waals surface area contributed by atoms with E-state index in [2.05, 4.69) is 15.3 Å². The first-order chi connectivity index (χ1) is 13.9. The number of thiophene rings is 1. The van der Waals surface area contributed by atoms with Gasteiger partial charge in [0.05, 0.1) is 10.6 Å².